The number of anilines is 2. The highest BCUT2D eigenvalue weighted by Crippen LogP contribution is 2.60. The Kier molecular flexibility index (Phi) is 4.14. The van der Waals surface area contributed by atoms with Gasteiger partial charge in [-0.15, -0.1) is 0 Å². The van der Waals surface area contributed by atoms with Gasteiger partial charge in [0.25, 0.3) is 0 Å². The standard InChI is InChI=1S/C22H29N3O2/c26-20(22-12-15-8-16(13-22)10-17(9-15)14-22)23-18-4-3-5-19(11-18)24-21(27)25-6-1-2-7-25/h3-5,11,15-17H,1-2,6-10,12-14H2,(H,23,26)(H,24,27). The van der Waals surface area contributed by atoms with Crippen LogP contribution < -0.4 is 10.6 Å². The molecule has 0 spiro atoms. The Morgan fingerprint density at radius 3 is 2.04 bits per heavy atom. The van der Waals surface area contributed by atoms with Crippen LogP contribution in [-0.2, 0) is 4.79 Å². The van der Waals surface area contributed by atoms with E-state index in [9.17, 15) is 9.59 Å². The summed E-state index contributed by atoms with van der Waals surface area (Å²) in [4.78, 5) is 27.4. The monoisotopic (exact) mass is 367 g/mol. The fourth-order valence-electron chi connectivity index (χ4n) is 6.45. The molecule has 5 fully saturated rings. The topological polar surface area (TPSA) is 61.4 Å². The number of nitrogens with one attached hydrogen (secondary N) is 2. The third kappa shape index (κ3) is 3.21. The van der Waals surface area contributed by atoms with Crippen molar-refractivity contribution >= 4 is 23.3 Å². The van der Waals surface area contributed by atoms with Crippen molar-refractivity contribution in [1.82, 2.24) is 4.90 Å². The number of urea groups is 1. The van der Waals surface area contributed by atoms with Gasteiger partial charge in [0.1, 0.15) is 0 Å². The van der Waals surface area contributed by atoms with Gasteiger partial charge in [-0.3, -0.25) is 4.79 Å². The van der Waals surface area contributed by atoms with Crippen LogP contribution in [0.2, 0.25) is 0 Å². The molecule has 5 nitrogen and oxygen atoms in total. The summed E-state index contributed by atoms with van der Waals surface area (Å²) >= 11 is 0. The molecular weight excluding hydrogens is 338 g/mol. The zero-order valence-corrected chi connectivity index (χ0v) is 15.9. The Bertz CT molecular complexity index is 718. The van der Waals surface area contributed by atoms with E-state index in [0.717, 1.165) is 74.3 Å². The first kappa shape index (κ1) is 17.1. The SMILES string of the molecule is O=C(Nc1cccc(NC(=O)C23CC4CC(CC(C4)C2)C3)c1)N1CCCC1. The molecule has 0 aromatic heterocycles. The maximum atomic E-state index is 13.2. The summed E-state index contributed by atoms with van der Waals surface area (Å²) in [6.45, 7) is 1.66. The molecule has 6 rings (SSSR count). The van der Waals surface area contributed by atoms with E-state index < -0.39 is 0 Å². The first-order valence-electron chi connectivity index (χ1n) is 10.6. The molecule has 1 aliphatic heterocycles. The van der Waals surface area contributed by atoms with Gasteiger partial charge in [0.05, 0.1) is 5.41 Å². The lowest BCUT2D eigenvalue weighted by molar-refractivity contribution is -0.140. The molecule has 0 atom stereocenters. The summed E-state index contributed by atoms with van der Waals surface area (Å²) in [5.74, 6) is 2.47. The molecular formula is C22H29N3O2. The highest BCUT2D eigenvalue weighted by Gasteiger charge is 2.54. The average Bonchev–Trinajstić information content (AvgIpc) is 3.15. The van der Waals surface area contributed by atoms with Crippen molar-refractivity contribution in [3.8, 4) is 0 Å². The van der Waals surface area contributed by atoms with Crippen molar-refractivity contribution in [2.24, 2.45) is 23.2 Å². The van der Waals surface area contributed by atoms with Gasteiger partial charge < -0.3 is 15.5 Å². The van der Waals surface area contributed by atoms with Gasteiger partial charge in [-0.25, -0.2) is 4.79 Å². The Balaban J connectivity index is 1.27. The van der Waals surface area contributed by atoms with Gasteiger partial charge >= 0.3 is 6.03 Å². The second kappa shape index (κ2) is 6.54. The van der Waals surface area contributed by atoms with Crippen molar-refractivity contribution in [2.45, 2.75) is 51.4 Å². The van der Waals surface area contributed by atoms with Crippen molar-refractivity contribution in [1.29, 1.82) is 0 Å². The summed E-state index contributed by atoms with van der Waals surface area (Å²) in [6, 6.07) is 7.54. The van der Waals surface area contributed by atoms with E-state index >= 15 is 0 Å². The number of amides is 3. The number of nitrogens with zero attached hydrogens (tertiary/aromatic N) is 1. The summed E-state index contributed by atoms with van der Waals surface area (Å²) < 4.78 is 0. The van der Waals surface area contributed by atoms with Gasteiger partial charge in [-0.2, -0.15) is 0 Å². The predicted molar refractivity (Wildman–Crippen MR) is 106 cm³/mol. The number of carbonyl (C=O) groups is 2. The first-order chi connectivity index (χ1) is 13.1. The molecule has 5 aliphatic rings. The number of likely N-dealkylation sites (tertiary alicyclic amines) is 1. The highest BCUT2D eigenvalue weighted by atomic mass is 16.2. The second-order valence-corrected chi connectivity index (χ2v) is 9.36. The molecule has 1 aromatic carbocycles. The van der Waals surface area contributed by atoms with Crippen LogP contribution in [0.25, 0.3) is 0 Å². The molecule has 27 heavy (non-hydrogen) atoms. The van der Waals surface area contributed by atoms with Gasteiger partial charge in [0, 0.05) is 24.5 Å². The fraction of sp³-hybridized carbons (Fsp3) is 0.636. The molecule has 1 saturated heterocycles. The van der Waals surface area contributed by atoms with Crippen LogP contribution in [0.5, 0.6) is 0 Å². The minimum atomic E-state index is -0.149. The van der Waals surface area contributed by atoms with E-state index in [4.69, 9.17) is 0 Å². The summed E-state index contributed by atoms with van der Waals surface area (Å²) in [5, 5.41) is 6.15. The van der Waals surface area contributed by atoms with Crippen molar-refractivity contribution in [2.75, 3.05) is 23.7 Å². The average molecular weight is 367 g/mol. The Labute approximate surface area is 160 Å². The number of hydrogen-bond acceptors (Lipinski definition) is 2. The second-order valence-electron chi connectivity index (χ2n) is 9.36. The van der Waals surface area contributed by atoms with E-state index in [-0.39, 0.29) is 17.4 Å². The van der Waals surface area contributed by atoms with E-state index in [1.54, 1.807) is 0 Å². The predicted octanol–water partition coefficient (Wildman–Crippen LogP) is 4.47. The fourth-order valence-corrected chi connectivity index (χ4v) is 6.45. The largest absolute Gasteiger partial charge is 0.326 e. The molecule has 0 unspecified atom stereocenters. The van der Waals surface area contributed by atoms with Crippen molar-refractivity contribution in [3.63, 3.8) is 0 Å². The van der Waals surface area contributed by atoms with E-state index in [1.165, 1.54) is 19.3 Å². The van der Waals surface area contributed by atoms with Gasteiger partial charge in [0.2, 0.25) is 5.91 Å². The summed E-state index contributed by atoms with van der Waals surface area (Å²) in [5.41, 5.74) is 1.38. The zero-order chi connectivity index (χ0) is 18.4. The van der Waals surface area contributed by atoms with E-state index in [0.29, 0.717) is 0 Å². The Morgan fingerprint density at radius 2 is 1.44 bits per heavy atom. The molecule has 144 valence electrons. The first-order valence-corrected chi connectivity index (χ1v) is 10.6. The van der Waals surface area contributed by atoms with Gasteiger partial charge in [-0.05, 0) is 87.3 Å². The maximum Gasteiger partial charge on any atom is 0.321 e. The van der Waals surface area contributed by atoms with Crippen LogP contribution in [0.4, 0.5) is 16.2 Å². The molecule has 3 amide bonds. The Morgan fingerprint density at radius 1 is 0.889 bits per heavy atom. The molecule has 4 aliphatic carbocycles. The zero-order valence-electron chi connectivity index (χ0n) is 15.9. The summed E-state index contributed by atoms with van der Waals surface area (Å²) in [6.07, 6.45) is 9.37. The van der Waals surface area contributed by atoms with Crippen LogP contribution in [0.1, 0.15) is 51.4 Å². The quantitative estimate of drug-likeness (QED) is 0.828. The molecule has 2 N–H and O–H groups in total. The summed E-state index contributed by atoms with van der Waals surface area (Å²) in [7, 11) is 0. The molecule has 1 heterocycles. The Hall–Kier alpha value is -2.04. The lowest BCUT2D eigenvalue weighted by Crippen LogP contribution is -2.51. The minimum Gasteiger partial charge on any atom is -0.326 e. The van der Waals surface area contributed by atoms with Gasteiger partial charge in [-0.1, -0.05) is 6.07 Å². The molecule has 5 heteroatoms. The molecule has 0 radical (unpaired) electrons. The van der Waals surface area contributed by atoms with Crippen LogP contribution in [0.3, 0.4) is 0 Å². The molecule has 4 bridgehead atoms. The third-order valence-electron chi connectivity index (χ3n) is 7.28. The normalized spacial score (nSPS) is 33.9. The maximum absolute atomic E-state index is 13.2. The third-order valence-corrected chi connectivity index (χ3v) is 7.28. The number of hydrogen-bond donors (Lipinski definition) is 2. The van der Waals surface area contributed by atoms with Crippen LogP contribution in [0.15, 0.2) is 24.3 Å². The lowest BCUT2D eigenvalue weighted by atomic mass is 9.49. The lowest BCUT2D eigenvalue weighted by Gasteiger charge is -2.55. The van der Waals surface area contributed by atoms with E-state index in [1.807, 2.05) is 29.2 Å². The smallest absolute Gasteiger partial charge is 0.321 e. The van der Waals surface area contributed by atoms with Crippen LogP contribution >= 0.6 is 0 Å². The van der Waals surface area contributed by atoms with Crippen LogP contribution in [-0.4, -0.2) is 29.9 Å². The number of rotatable bonds is 3. The molecule has 1 aromatic rings. The van der Waals surface area contributed by atoms with Crippen molar-refractivity contribution in [3.05, 3.63) is 24.3 Å². The highest BCUT2D eigenvalue weighted by molar-refractivity contribution is 5.97. The van der Waals surface area contributed by atoms with Gasteiger partial charge in [0.15, 0.2) is 0 Å². The minimum absolute atomic E-state index is 0.0444. The number of benzene rings is 1. The van der Waals surface area contributed by atoms with Crippen LogP contribution in [0, 0.1) is 23.2 Å². The number of carbonyl (C=O) groups excluding carboxylic acids is 2. The molecule has 4 saturated carbocycles. The van der Waals surface area contributed by atoms with Crippen molar-refractivity contribution < 1.29 is 9.59 Å². The van der Waals surface area contributed by atoms with E-state index in [2.05, 4.69) is 10.6 Å².